The van der Waals surface area contributed by atoms with E-state index in [4.69, 9.17) is 0 Å². The SMILES string of the molecule is CNC(=O)CCN(C)c1cc(C(C)O)ccn1. The molecule has 2 N–H and O–H groups in total. The number of pyridine rings is 1. The van der Waals surface area contributed by atoms with Crippen molar-refractivity contribution < 1.29 is 9.90 Å². The number of nitrogens with one attached hydrogen (secondary N) is 1. The van der Waals surface area contributed by atoms with Gasteiger partial charge in [-0.1, -0.05) is 0 Å². The van der Waals surface area contributed by atoms with Crippen molar-refractivity contribution in [2.24, 2.45) is 0 Å². The largest absolute Gasteiger partial charge is 0.389 e. The minimum atomic E-state index is -0.510. The molecular weight excluding hydrogens is 218 g/mol. The number of carbonyl (C=O) groups excluding carboxylic acids is 1. The number of rotatable bonds is 5. The Morgan fingerprint density at radius 1 is 1.65 bits per heavy atom. The van der Waals surface area contributed by atoms with Gasteiger partial charge in [0.25, 0.3) is 0 Å². The van der Waals surface area contributed by atoms with E-state index >= 15 is 0 Å². The number of carbonyl (C=O) groups is 1. The number of hydrogen-bond acceptors (Lipinski definition) is 4. The first-order chi connectivity index (χ1) is 8.04. The van der Waals surface area contributed by atoms with Gasteiger partial charge in [0.15, 0.2) is 0 Å². The fourth-order valence-electron chi connectivity index (χ4n) is 1.41. The second-order valence-electron chi connectivity index (χ2n) is 3.97. The van der Waals surface area contributed by atoms with Crippen LogP contribution in [0.2, 0.25) is 0 Å². The van der Waals surface area contributed by atoms with Crippen LogP contribution in [0.4, 0.5) is 5.82 Å². The molecule has 1 rings (SSSR count). The first kappa shape index (κ1) is 13.4. The highest BCUT2D eigenvalue weighted by Gasteiger charge is 2.07. The number of nitrogens with zero attached hydrogens (tertiary/aromatic N) is 2. The number of amides is 1. The smallest absolute Gasteiger partial charge is 0.221 e. The summed E-state index contributed by atoms with van der Waals surface area (Å²) in [5.74, 6) is 0.760. The molecule has 0 fully saturated rings. The molecule has 0 aliphatic carbocycles. The van der Waals surface area contributed by atoms with Crippen LogP contribution in [0.1, 0.15) is 25.0 Å². The zero-order valence-corrected chi connectivity index (χ0v) is 10.5. The Balaban J connectivity index is 2.65. The topological polar surface area (TPSA) is 65.5 Å². The molecule has 1 aromatic rings. The summed E-state index contributed by atoms with van der Waals surface area (Å²) in [6.45, 7) is 2.31. The van der Waals surface area contributed by atoms with Gasteiger partial charge in [-0.25, -0.2) is 4.98 Å². The minimum Gasteiger partial charge on any atom is -0.389 e. The molecule has 0 radical (unpaired) electrons. The highest BCUT2D eigenvalue weighted by molar-refractivity contribution is 5.76. The highest BCUT2D eigenvalue weighted by Crippen LogP contribution is 2.16. The Bertz CT molecular complexity index is 380. The number of aromatic nitrogens is 1. The van der Waals surface area contributed by atoms with Gasteiger partial charge in [0.2, 0.25) is 5.91 Å². The molecule has 0 aromatic carbocycles. The van der Waals surface area contributed by atoms with Crippen molar-refractivity contribution in [1.29, 1.82) is 0 Å². The number of aliphatic hydroxyl groups excluding tert-OH is 1. The van der Waals surface area contributed by atoms with Gasteiger partial charge in [-0.15, -0.1) is 0 Å². The number of hydrogen-bond donors (Lipinski definition) is 2. The molecule has 0 aliphatic heterocycles. The molecule has 94 valence electrons. The van der Waals surface area contributed by atoms with Crippen LogP contribution in [0.25, 0.3) is 0 Å². The molecule has 0 saturated heterocycles. The lowest BCUT2D eigenvalue weighted by atomic mass is 10.1. The Hall–Kier alpha value is -1.62. The normalized spacial score (nSPS) is 12.0. The molecule has 1 unspecified atom stereocenters. The lowest BCUT2D eigenvalue weighted by Gasteiger charge is -2.18. The third-order valence-electron chi connectivity index (χ3n) is 2.60. The fourth-order valence-corrected chi connectivity index (χ4v) is 1.41. The fraction of sp³-hybridized carbons (Fsp3) is 0.500. The molecule has 0 bridgehead atoms. The van der Waals surface area contributed by atoms with Crippen molar-refractivity contribution in [2.45, 2.75) is 19.4 Å². The predicted molar refractivity (Wildman–Crippen MR) is 66.8 cm³/mol. The summed E-state index contributed by atoms with van der Waals surface area (Å²) in [6.07, 6.45) is 1.57. The standard InChI is InChI=1S/C12H19N3O2/c1-9(16)10-4-6-14-11(8-10)15(3)7-5-12(17)13-2/h4,6,8-9,16H,5,7H2,1-3H3,(H,13,17). The molecule has 17 heavy (non-hydrogen) atoms. The predicted octanol–water partition coefficient (Wildman–Crippen LogP) is 0.707. The van der Waals surface area contributed by atoms with Gasteiger partial charge in [-0.2, -0.15) is 0 Å². The Kier molecular flexibility index (Phi) is 4.90. The van der Waals surface area contributed by atoms with Crippen LogP contribution >= 0.6 is 0 Å². The molecular formula is C12H19N3O2. The van der Waals surface area contributed by atoms with Gasteiger partial charge in [0.05, 0.1) is 6.10 Å². The van der Waals surface area contributed by atoms with Crippen LogP contribution in [0.15, 0.2) is 18.3 Å². The Morgan fingerprint density at radius 2 is 2.35 bits per heavy atom. The second-order valence-corrected chi connectivity index (χ2v) is 3.97. The van der Waals surface area contributed by atoms with Crippen LogP contribution in [0.3, 0.4) is 0 Å². The van der Waals surface area contributed by atoms with Crippen LogP contribution in [-0.4, -0.2) is 36.6 Å². The molecule has 1 heterocycles. The van der Waals surface area contributed by atoms with Crippen LogP contribution < -0.4 is 10.2 Å². The van der Waals surface area contributed by atoms with E-state index in [0.717, 1.165) is 11.4 Å². The number of aliphatic hydroxyl groups is 1. The number of anilines is 1. The maximum atomic E-state index is 11.1. The molecule has 1 atom stereocenters. The molecule has 0 spiro atoms. The summed E-state index contributed by atoms with van der Waals surface area (Å²) < 4.78 is 0. The van der Waals surface area contributed by atoms with Gasteiger partial charge in [-0.05, 0) is 24.6 Å². The average molecular weight is 237 g/mol. The van der Waals surface area contributed by atoms with Crippen molar-refractivity contribution in [1.82, 2.24) is 10.3 Å². The highest BCUT2D eigenvalue weighted by atomic mass is 16.3. The molecule has 1 aromatic heterocycles. The summed E-state index contributed by atoms with van der Waals surface area (Å²) in [6, 6.07) is 3.61. The molecule has 5 heteroatoms. The molecule has 5 nitrogen and oxygen atoms in total. The Morgan fingerprint density at radius 3 is 2.94 bits per heavy atom. The molecule has 0 aliphatic rings. The lowest BCUT2D eigenvalue weighted by Crippen LogP contribution is -2.26. The second kappa shape index (κ2) is 6.20. The van der Waals surface area contributed by atoms with E-state index in [1.165, 1.54) is 0 Å². The van der Waals surface area contributed by atoms with Crippen LogP contribution in [-0.2, 0) is 4.79 Å². The summed E-state index contributed by atoms with van der Waals surface area (Å²) in [5, 5.41) is 12.1. The third-order valence-corrected chi connectivity index (χ3v) is 2.60. The van der Waals surface area contributed by atoms with Gasteiger partial charge < -0.3 is 15.3 Å². The van der Waals surface area contributed by atoms with E-state index < -0.39 is 6.10 Å². The van der Waals surface area contributed by atoms with E-state index in [2.05, 4.69) is 10.3 Å². The minimum absolute atomic E-state index is 0.00327. The lowest BCUT2D eigenvalue weighted by molar-refractivity contribution is -0.120. The van der Waals surface area contributed by atoms with Crippen molar-refractivity contribution in [3.63, 3.8) is 0 Å². The maximum Gasteiger partial charge on any atom is 0.221 e. The Labute approximate surface area is 101 Å². The van der Waals surface area contributed by atoms with E-state index in [1.54, 1.807) is 26.2 Å². The summed E-state index contributed by atoms with van der Waals surface area (Å²) >= 11 is 0. The zero-order chi connectivity index (χ0) is 12.8. The van der Waals surface area contributed by atoms with Crippen molar-refractivity contribution >= 4 is 11.7 Å². The monoisotopic (exact) mass is 237 g/mol. The van der Waals surface area contributed by atoms with Crippen LogP contribution in [0.5, 0.6) is 0 Å². The van der Waals surface area contributed by atoms with E-state index in [1.807, 2.05) is 18.0 Å². The first-order valence-corrected chi connectivity index (χ1v) is 5.60. The van der Waals surface area contributed by atoms with Gasteiger partial charge in [0.1, 0.15) is 5.82 Å². The van der Waals surface area contributed by atoms with Crippen molar-refractivity contribution in [3.8, 4) is 0 Å². The van der Waals surface area contributed by atoms with E-state index in [0.29, 0.717) is 13.0 Å². The average Bonchev–Trinajstić information content (AvgIpc) is 2.35. The summed E-state index contributed by atoms with van der Waals surface area (Å²) in [7, 11) is 3.49. The molecule has 1 amide bonds. The van der Waals surface area contributed by atoms with Crippen molar-refractivity contribution in [2.75, 3.05) is 25.5 Å². The van der Waals surface area contributed by atoms with Crippen molar-refractivity contribution in [3.05, 3.63) is 23.9 Å². The zero-order valence-electron chi connectivity index (χ0n) is 10.5. The van der Waals surface area contributed by atoms with Crippen LogP contribution in [0, 0.1) is 0 Å². The van der Waals surface area contributed by atoms with Gasteiger partial charge >= 0.3 is 0 Å². The summed E-state index contributed by atoms with van der Waals surface area (Å²) in [5.41, 5.74) is 0.821. The van der Waals surface area contributed by atoms with Gasteiger partial charge in [-0.3, -0.25) is 4.79 Å². The van der Waals surface area contributed by atoms with E-state index in [9.17, 15) is 9.90 Å². The van der Waals surface area contributed by atoms with E-state index in [-0.39, 0.29) is 5.91 Å². The first-order valence-electron chi connectivity index (χ1n) is 5.60. The maximum absolute atomic E-state index is 11.1. The van der Waals surface area contributed by atoms with Gasteiger partial charge in [0, 0.05) is 33.3 Å². The third kappa shape index (κ3) is 4.03. The summed E-state index contributed by atoms with van der Waals surface area (Å²) in [4.78, 5) is 17.2. The molecule has 0 saturated carbocycles. The quantitative estimate of drug-likeness (QED) is 0.791.